The minimum atomic E-state index is 0.166. The number of rotatable bonds is 6. The fraction of sp³-hybridized carbons (Fsp3) is 0.438. The number of hydrogen-bond donors (Lipinski definition) is 1. The van der Waals surface area contributed by atoms with E-state index in [1.807, 2.05) is 45.0 Å². The molecule has 0 spiro atoms. The van der Waals surface area contributed by atoms with Gasteiger partial charge in [0.25, 0.3) is 0 Å². The SMILES string of the molecule is CCCOc1ccccc1Oc1c(N)c(C)nn1C(C)C. The lowest BCUT2D eigenvalue weighted by atomic mass is 10.3. The van der Waals surface area contributed by atoms with E-state index in [-0.39, 0.29) is 6.04 Å². The number of nitrogen functional groups attached to an aromatic ring is 1. The largest absolute Gasteiger partial charge is 0.490 e. The van der Waals surface area contributed by atoms with E-state index in [1.165, 1.54) is 0 Å². The van der Waals surface area contributed by atoms with Crippen molar-refractivity contribution in [2.45, 2.75) is 40.2 Å². The first-order chi connectivity index (χ1) is 10.0. The van der Waals surface area contributed by atoms with Crippen molar-refractivity contribution in [2.75, 3.05) is 12.3 Å². The molecule has 21 heavy (non-hydrogen) atoms. The van der Waals surface area contributed by atoms with Crippen molar-refractivity contribution in [3.8, 4) is 17.4 Å². The number of ether oxygens (including phenoxy) is 2. The van der Waals surface area contributed by atoms with E-state index < -0.39 is 0 Å². The second-order valence-electron chi connectivity index (χ2n) is 5.24. The normalized spacial score (nSPS) is 10.9. The van der Waals surface area contributed by atoms with Gasteiger partial charge in [0.2, 0.25) is 5.88 Å². The number of benzene rings is 1. The Labute approximate surface area is 125 Å². The fourth-order valence-corrected chi connectivity index (χ4v) is 1.96. The van der Waals surface area contributed by atoms with Gasteiger partial charge >= 0.3 is 0 Å². The van der Waals surface area contributed by atoms with Crippen LogP contribution >= 0.6 is 0 Å². The first-order valence-electron chi connectivity index (χ1n) is 7.28. The first kappa shape index (κ1) is 15.2. The molecule has 0 saturated heterocycles. The Morgan fingerprint density at radius 2 is 1.90 bits per heavy atom. The van der Waals surface area contributed by atoms with Crippen LogP contribution in [0.3, 0.4) is 0 Å². The number of para-hydroxylation sites is 2. The van der Waals surface area contributed by atoms with Gasteiger partial charge in [-0.15, -0.1) is 0 Å². The van der Waals surface area contributed by atoms with Gasteiger partial charge in [0, 0.05) is 0 Å². The van der Waals surface area contributed by atoms with Crippen LogP contribution in [0.5, 0.6) is 17.4 Å². The molecule has 0 amide bonds. The van der Waals surface area contributed by atoms with Gasteiger partial charge in [-0.25, -0.2) is 4.68 Å². The molecular formula is C16H23N3O2. The van der Waals surface area contributed by atoms with E-state index in [9.17, 15) is 0 Å². The zero-order chi connectivity index (χ0) is 15.4. The monoisotopic (exact) mass is 289 g/mol. The lowest BCUT2D eigenvalue weighted by molar-refractivity contribution is 0.296. The average Bonchev–Trinajstić information content (AvgIpc) is 2.75. The average molecular weight is 289 g/mol. The summed E-state index contributed by atoms with van der Waals surface area (Å²) in [6.07, 6.45) is 0.944. The maximum Gasteiger partial charge on any atom is 0.241 e. The van der Waals surface area contributed by atoms with Crippen molar-refractivity contribution in [2.24, 2.45) is 0 Å². The lowest BCUT2D eigenvalue weighted by Gasteiger charge is -2.15. The number of hydrogen-bond acceptors (Lipinski definition) is 4. The van der Waals surface area contributed by atoms with Crippen LogP contribution in [0.25, 0.3) is 0 Å². The van der Waals surface area contributed by atoms with Gasteiger partial charge in [0.1, 0.15) is 5.69 Å². The third-order valence-corrected chi connectivity index (χ3v) is 3.09. The number of aromatic nitrogens is 2. The molecule has 0 bridgehead atoms. The van der Waals surface area contributed by atoms with Crippen LogP contribution in [-0.2, 0) is 0 Å². The van der Waals surface area contributed by atoms with Crippen molar-refractivity contribution in [3.05, 3.63) is 30.0 Å². The summed E-state index contributed by atoms with van der Waals surface area (Å²) < 4.78 is 13.5. The van der Waals surface area contributed by atoms with E-state index in [4.69, 9.17) is 15.2 Å². The summed E-state index contributed by atoms with van der Waals surface area (Å²) in [4.78, 5) is 0. The van der Waals surface area contributed by atoms with Gasteiger partial charge in [-0.1, -0.05) is 19.1 Å². The predicted octanol–water partition coefficient (Wildman–Crippen LogP) is 3.94. The van der Waals surface area contributed by atoms with Crippen molar-refractivity contribution >= 4 is 5.69 Å². The molecule has 0 aliphatic heterocycles. The van der Waals surface area contributed by atoms with E-state index >= 15 is 0 Å². The van der Waals surface area contributed by atoms with Crippen molar-refractivity contribution in [1.82, 2.24) is 9.78 Å². The smallest absolute Gasteiger partial charge is 0.241 e. The molecule has 1 heterocycles. The van der Waals surface area contributed by atoms with Gasteiger partial charge in [0.15, 0.2) is 11.5 Å². The van der Waals surface area contributed by atoms with Gasteiger partial charge in [-0.2, -0.15) is 5.10 Å². The van der Waals surface area contributed by atoms with Gasteiger partial charge in [-0.3, -0.25) is 0 Å². The summed E-state index contributed by atoms with van der Waals surface area (Å²) in [5, 5.41) is 4.42. The number of aryl methyl sites for hydroxylation is 1. The first-order valence-corrected chi connectivity index (χ1v) is 7.28. The second kappa shape index (κ2) is 6.52. The van der Waals surface area contributed by atoms with Crippen LogP contribution in [0.2, 0.25) is 0 Å². The van der Waals surface area contributed by atoms with Crippen LogP contribution in [0.1, 0.15) is 38.9 Å². The topological polar surface area (TPSA) is 62.3 Å². The molecule has 1 aromatic carbocycles. The summed E-state index contributed by atoms with van der Waals surface area (Å²) in [5.74, 6) is 1.93. The van der Waals surface area contributed by atoms with E-state index in [0.717, 1.165) is 12.1 Å². The molecule has 1 aromatic heterocycles. The number of nitrogens with zero attached hydrogens (tertiary/aromatic N) is 2. The highest BCUT2D eigenvalue weighted by Gasteiger charge is 2.18. The van der Waals surface area contributed by atoms with Crippen LogP contribution < -0.4 is 15.2 Å². The summed E-state index contributed by atoms with van der Waals surface area (Å²) in [7, 11) is 0. The van der Waals surface area contributed by atoms with Crippen molar-refractivity contribution in [3.63, 3.8) is 0 Å². The Bertz CT molecular complexity index is 606. The number of anilines is 1. The fourth-order valence-electron chi connectivity index (χ4n) is 1.96. The summed E-state index contributed by atoms with van der Waals surface area (Å²) in [6, 6.07) is 7.76. The molecule has 2 N–H and O–H groups in total. The molecule has 0 aliphatic rings. The van der Waals surface area contributed by atoms with Crippen LogP contribution in [0.15, 0.2) is 24.3 Å². The van der Waals surface area contributed by atoms with E-state index in [0.29, 0.717) is 29.7 Å². The molecule has 5 nitrogen and oxygen atoms in total. The summed E-state index contributed by atoms with van der Waals surface area (Å²) in [5.41, 5.74) is 7.42. The highest BCUT2D eigenvalue weighted by molar-refractivity contribution is 5.55. The van der Waals surface area contributed by atoms with Gasteiger partial charge in [0.05, 0.1) is 18.3 Å². The highest BCUT2D eigenvalue weighted by atomic mass is 16.5. The molecular weight excluding hydrogens is 266 g/mol. The maximum absolute atomic E-state index is 6.09. The van der Waals surface area contributed by atoms with E-state index in [2.05, 4.69) is 12.0 Å². The van der Waals surface area contributed by atoms with Crippen molar-refractivity contribution in [1.29, 1.82) is 0 Å². The molecule has 0 radical (unpaired) electrons. The third kappa shape index (κ3) is 3.29. The lowest BCUT2D eigenvalue weighted by Crippen LogP contribution is -2.06. The Kier molecular flexibility index (Phi) is 4.73. The molecule has 0 atom stereocenters. The zero-order valence-electron chi connectivity index (χ0n) is 13.1. The maximum atomic E-state index is 6.09. The molecule has 0 unspecified atom stereocenters. The molecule has 0 aliphatic carbocycles. The minimum Gasteiger partial charge on any atom is -0.490 e. The number of nitrogens with two attached hydrogens (primary N) is 1. The quantitative estimate of drug-likeness (QED) is 0.875. The Morgan fingerprint density at radius 1 is 1.24 bits per heavy atom. The predicted molar refractivity (Wildman–Crippen MR) is 84.1 cm³/mol. The van der Waals surface area contributed by atoms with Crippen molar-refractivity contribution < 1.29 is 9.47 Å². The minimum absolute atomic E-state index is 0.166. The Morgan fingerprint density at radius 3 is 2.52 bits per heavy atom. The zero-order valence-corrected chi connectivity index (χ0v) is 13.1. The van der Waals surface area contributed by atoms with Gasteiger partial charge in [-0.05, 0) is 39.3 Å². The molecule has 114 valence electrons. The van der Waals surface area contributed by atoms with E-state index in [1.54, 1.807) is 4.68 Å². The molecule has 2 rings (SSSR count). The summed E-state index contributed by atoms with van der Waals surface area (Å²) in [6.45, 7) is 8.67. The molecule has 0 saturated carbocycles. The highest BCUT2D eigenvalue weighted by Crippen LogP contribution is 2.36. The molecule has 2 aromatic rings. The Balaban J connectivity index is 2.34. The third-order valence-electron chi connectivity index (χ3n) is 3.09. The van der Waals surface area contributed by atoms with Crippen LogP contribution in [-0.4, -0.2) is 16.4 Å². The second-order valence-corrected chi connectivity index (χ2v) is 5.24. The van der Waals surface area contributed by atoms with Crippen LogP contribution in [0, 0.1) is 6.92 Å². The summed E-state index contributed by atoms with van der Waals surface area (Å²) >= 11 is 0. The van der Waals surface area contributed by atoms with Crippen LogP contribution in [0.4, 0.5) is 5.69 Å². The standard InChI is InChI=1S/C16H23N3O2/c1-5-10-20-13-8-6-7-9-14(13)21-16-15(17)12(4)18-19(16)11(2)3/h6-9,11H,5,10,17H2,1-4H3. The molecule has 0 fully saturated rings. The van der Waals surface area contributed by atoms with Gasteiger partial charge < -0.3 is 15.2 Å². The Hall–Kier alpha value is -2.17. The molecule has 5 heteroatoms.